The lowest BCUT2D eigenvalue weighted by Crippen LogP contribution is -2.57. The lowest BCUT2D eigenvalue weighted by Gasteiger charge is -2.58. The van der Waals surface area contributed by atoms with Crippen molar-refractivity contribution in [2.24, 2.45) is 16.7 Å². The number of nitrogens with one attached hydrogen (secondary N) is 2. The molecular weight excluding hydrogens is 536 g/mol. The van der Waals surface area contributed by atoms with Gasteiger partial charge in [0, 0.05) is 29.2 Å². The van der Waals surface area contributed by atoms with Crippen LogP contribution >= 0.6 is 11.3 Å². The summed E-state index contributed by atoms with van der Waals surface area (Å²) in [6.07, 6.45) is 1.01. The second-order valence-corrected chi connectivity index (χ2v) is 12.5. The van der Waals surface area contributed by atoms with E-state index in [1.165, 1.54) is 17.4 Å². The van der Waals surface area contributed by atoms with Gasteiger partial charge in [0.1, 0.15) is 17.2 Å². The molecule has 1 saturated carbocycles. The number of thiazole rings is 1. The van der Waals surface area contributed by atoms with Crippen molar-refractivity contribution >= 4 is 28.3 Å². The summed E-state index contributed by atoms with van der Waals surface area (Å²) in [5.74, 6) is -3.58. The maximum absolute atomic E-state index is 14.2. The highest BCUT2D eigenvalue weighted by Gasteiger charge is 2.59. The molecule has 10 heteroatoms. The Balaban J connectivity index is 1.47. The number of benzene rings is 2. The molecule has 2 aliphatic carbocycles. The van der Waals surface area contributed by atoms with Crippen LogP contribution in [0, 0.1) is 28.4 Å². The average molecular weight is 570 g/mol. The van der Waals surface area contributed by atoms with Crippen LogP contribution in [0.15, 0.2) is 48.5 Å². The van der Waals surface area contributed by atoms with Gasteiger partial charge in [-0.25, -0.2) is 13.8 Å². The molecule has 212 valence electrons. The van der Waals surface area contributed by atoms with Crippen molar-refractivity contribution in [1.82, 2.24) is 10.3 Å². The molecule has 2 aliphatic rings. The van der Waals surface area contributed by atoms with Crippen molar-refractivity contribution in [3.63, 3.8) is 0 Å². The van der Waals surface area contributed by atoms with E-state index in [2.05, 4.69) is 17.6 Å². The highest BCUT2D eigenvalue weighted by Crippen LogP contribution is 2.62. The fourth-order valence-electron chi connectivity index (χ4n) is 6.63. The lowest BCUT2D eigenvalue weighted by molar-refractivity contribution is -0.144. The van der Waals surface area contributed by atoms with E-state index >= 15 is 0 Å². The molecule has 0 radical (unpaired) electrons. The third-order valence-corrected chi connectivity index (χ3v) is 10.0. The summed E-state index contributed by atoms with van der Waals surface area (Å²) in [4.78, 5) is 31.6. The van der Waals surface area contributed by atoms with Crippen LogP contribution in [0.25, 0.3) is 0 Å². The third-order valence-electron chi connectivity index (χ3n) is 9.03. The van der Waals surface area contributed by atoms with Crippen molar-refractivity contribution < 1.29 is 28.6 Å². The smallest absolute Gasteiger partial charge is 0.263 e. The third kappa shape index (κ3) is 5.04. The Morgan fingerprint density at radius 2 is 1.80 bits per heavy atom. The summed E-state index contributed by atoms with van der Waals surface area (Å²) in [7, 11) is 0. The SMILES string of the molecule is CC1(CO)C(O)CCC2(C)C(CC(=O)NCc3ccccc3)c3nc(NC(=O)c4c(F)cccc4F)sc3CC12. The number of nitrogens with zero attached hydrogens (tertiary/aromatic N) is 1. The predicted octanol–water partition coefficient (Wildman–Crippen LogP) is 4.80. The highest BCUT2D eigenvalue weighted by atomic mass is 32.1. The van der Waals surface area contributed by atoms with E-state index in [-0.39, 0.29) is 35.9 Å². The van der Waals surface area contributed by atoms with Crippen LogP contribution in [0.1, 0.15) is 65.5 Å². The minimum Gasteiger partial charge on any atom is -0.396 e. The number of aliphatic hydroxyl groups is 2. The van der Waals surface area contributed by atoms with E-state index in [9.17, 15) is 28.6 Å². The predicted molar refractivity (Wildman–Crippen MR) is 148 cm³/mol. The first-order valence-electron chi connectivity index (χ1n) is 13.4. The molecule has 0 spiro atoms. The van der Waals surface area contributed by atoms with Gasteiger partial charge < -0.3 is 15.5 Å². The van der Waals surface area contributed by atoms with E-state index in [0.29, 0.717) is 31.5 Å². The summed E-state index contributed by atoms with van der Waals surface area (Å²) in [6.45, 7) is 4.12. The fraction of sp³-hybridized carbons (Fsp3) is 0.433. The Labute approximate surface area is 235 Å². The minimum atomic E-state index is -0.974. The van der Waals surface area contributed by atoms with Gasteiger partial charge in [0.15, 0.2) is 5.13 Å². The molecule has 7 nitrogen and oxygen atoms in total. The lowest BCUT2D eigenvalue weighted by atomic mass is 9.47. The number of rotatable bonds is 7. The summed E-state index contributed by atoms with van der Waals surface area (Å²) < 4.78 is 28.5. The largest absolute Gasteiger partial charge is 0.396 e. The standard InChI is InChI=1S/C30H33F2N3O4S/c1-29-12-11-23(37)30(2,16-36)22(29)14-21-26(18(29)13-24(38)33-15-17-7-4-3-5-8-17)34-28(40-21)35-27(39)25-19(31)9-6-10-20(25)32/h3-10,18,22-23,36-37H,11-16H2,1-2H3,(H,33,38)(H,34,35,39). The van der Waals surface area contributed by atoms with Gasteiger partial charge in [0.05, 0.1) is 18.4 Å². The van der Waals surface area contributed by atoms with E-state index in [4.69, 9.17) is 4.98 Å². The van der Waals surface area contributed by atoms with Gasteiger partial charge in [0.25, 0.3) is 5.91 Å². The summed E-state index contributed by atoms with van der Waals surface area (Å²) in [5.41, 5.74) is -0.325. The molecule has 3 aromatic rings. The van der Waals surface area contributed by atoms with E-state index in [1.807, 2.05) is 37.3 Å². The van der Waals surface area contributed by atoms with Crippen LogP contribution in [0.2, 0.25) is 0 Å². The zero-order valence-electron chi connectivity index (χ0n) is 22.4. The molecule has 0 saturated heterocycles. The van der Waals surface area contributed by atoms with E-state index in [1.54, 1.807) is 0 Å². The van der Waals surface area contributed by atoms with Crippen LogP contribution < -0.4 is 10.6 Å². The second kappa shape index (κ2) is 11.0. The molecule has 2 aromatic carbocycles. The van der Waals surface area contributed by atoms with Crippen molar-refractivity contribution in [3.05, 3.63) is 81.9 Å². The Kier molecular flexibility index (Phi) is 7.78. The van der Waals surface area contributed by atoms with E-state index in [0.717, 1.165) is 22.6 Å². The number of anilines is 1. The first-order chi connectivity index (χ1) is 19.1. The molecule has 5 unspecified atom stereocenters. The second-order valence-electron chi connectivity index (χ2n) is 11.4. The normalized spacial score (nSPS) is 27.4. The zero-order chi connectivity index (χ0) is 28.7. The molecule has 4 N–H and O–H groups in total. The Morgan fingerprint density at radius 1 is 1.10 bits per heavy atom. The number of carbonyl (C=O) groups is 2. The molecule has 40 heavy (non-hydrogen) atoms. The van der Waals surface area contributed by atoms with Gasteiger partial charge in [-0.2, -0.15) is 0 Å². The number of fused-ring (bicyclic) bond motifs is 2. The van der Waals surface area contributed by atoms with Gasteiger partial charge in [-0.1, -0.05) is 50.2 Å². The van der Waals surface area contributed by atoms with Gasteiger partial charge >= 0.3 is 0 Å². The number of hydrogen-bond donors (Lipinski definition) is 4. The van der Waals surface area contributed by atoms with Gasteiger partial charge in [-0.05, 0) is 48.3 Å². The zero-order valence-corrected chi connectivity index (χ0v) is 23.2. The van der Waals surface area contributed by atoms with Crippen LogP contribution in [0.5, 0.6) is 0 Å². The fourth-order valence-corrected chi connectivity index (χ4v) is 7.69. The average Bonchev–Trinajstić information content (AvgIpc) is 3.33. The Hall–Kier alpha value is -3.21. The molecule has 1 fully saturated rings. The number of halogens is 2. The maximum Gasteiger partial charge on any atom is 0.263 e. The molecule has 2 amide bonds. The van der Waals surface area contributed by atoms with Crippen molar-refractivity contribution in [2.45, 2.75) is 58.1 Å². The summed E-state index contributed by atoms with van der Waals surface area (Å²) in [6, 6.07) is 12.8. The number of aromatic nitrogens is 1. The van der Waals surface area contributed by atoms with Crippen molar-refractivity contribution in [3.8, 4) is 0 Å². The highest BCUT2D eigenvalue weighted by molar-refractivity contribution is 7.15. The number of aliphatic hydroxyl groups excluding tert-OH is 2. The monoisotopic (exact) mass is 569 g/mol. The summed E-state index contributed by atoms with van der Waals surface area (Å²) >= 11 is 1.20. The van der Waals surface area contributed by atoms with Crippen LogP contribution in [0.3, 0.4) is 0 Å². The maximum atomic E-state index is 14.2. The summed E-state index contributed by atoms with van der Waals surface area (Å²) in [5, 5.41) is 27.1. The first kappa shape index (κ1) is 28.3. The molecular formula is C30H33F2N3O4S. The Morgan fingerprint density at radius 3 is 2.48 bits per heavy atom. The molecule has 1 aromatic heterocycles. The van der Waals surface area contributed by atoms with Crippen molar-refractivity contribution in [2.75, 3.05) is 11.9 Å². The minimum absolute atomic E-state index is 0.128. The van der Waals surface area contributed by atoms with E-state index < -0.39 is 40.0 Å². The van der Waals surface area contributed by atoms with Gasteiger partial charge in [0.2, 0.25) is 5.91 Å². The van der Waals surface area contributed by atoms with Crippen LogP contribution in [-0.4, -0.2) is 39.7 Å². The molecule has 5 rings (SSSR count). The number of carbonyl (C=O) groups excluding carboxylic acids is 2. The molecule has 5 atom stereocenters. The van der Waals surface area contributed by atoms with Crippen molar-refractivity contribution in [1.29, 1.82) is 0 Å². The topological polar surface area (TPSA) is 112 Å². The first-order valence-corrected chi connectivity index (χ1v) is 14.2. The molecule has 0 aliphatic heterocycles. The van der Waals surface area contributed by atoms with Crippen LogP contribution in [-0.2, 0) is 17.8 Å². The number of amides is 2. The van der Waals surface area contributed by atoms with Gasteiger partial charge in [-0.3, -0.25) is 14.9 Å². The molecule has 0 bridgehead atoms. The quantitative estimate of drug-likeness (QED) is 0.327. The number of hydrogen-bond acceptors (Lipinski definition) is 6. The Bertz CT molecular complexity index is 1400. The molecule has 1 heterocycles. The van der Waals surface area contributed by atoms with Crippen LogP contribution in [0.4, 0.5) is 13.9 Å². The van der Waals surface area contributed by atoms with Gasteiger partial charge in [-0.15, -0.1) is 11.3 Å².